The monoisotopic (exact) mass is 436 g/mol. The molecule has 1 aliphatic carbocycles. The third-order valence-electron chi connectivity index (χ3n) is 1.48. The molecule has 0 aromatic carbocycles. The normalized spacial score (nSPS) is 9.87. The van der Waals surface area contributed by atoms with E-state index in [-0.39, 0.29) is 63.1 Å². The first-order chi connectivity index (χ1) is 5.31. The van der Waals surface area contributed by atoms with Crippen LogP contribution in [0, 0.1) is 13.1 Å². The van der Waals surface area contributed by atoms with Crippen molar-refractivity contribution in [1.82, 2.24) is 4.90 Å². The molecule has 0 aliphatic heterocycles. The van der Waals surface area contributed by atoms with Gasteiger partial charge in [0.05, 0.1) is 0 Å². The smallest absolute Gasteiger partial charge is 0 e. The van der Waals surface area contributed by atoms with Crippen molar-refractivity contribution in [2.45, 2.75) is 20.3 Å². The van der Waals surface area contributed by atoms with Crippen molar-refractivity contribution in [2.75, 3.05) is 13.1 Å². The molecule has 92 valence electrons. The molecule has 0 heterocycles. The van der Waals surface area contributed by atoms with Gasteiger partial charge >= 0.3 is 0 Å². The van der Waals surface area contributed by atoms with E-state index in [1.807, 2.05) is 17.1 Å². The molecule has 0 radical (unpaired) electrons. The summed E-state index contributed by atoms with van der Waals surface area (Å²) in [4.78, 5) is 2.00. The molecule has 0 aromatic heterocycles. The Balaban J connectivity index is -0.0000000352. The van der Waals surface area contributed by atoms with Gasteiger partial charge in [0.15, 0.2) is 0 Å². The number of hydrogen-bond acceptors (Lipinski definition) is 1. The molecule has 0 aromatic rings. The Morgan fingerprint density at radius 1 is 1.20 bits per heavy atom. The van der Waals surface area contributed by atoms with Crippen LogP contribution in [-0.2, 0) is 25.8 Å². The molecule has 15 heavy (non-hydrogen) atoms. The van der Waals surface area contributed by atoms with Gasteiger partial charge in [-0.25, -0.2) is 12.2 Å². The Morgan fingerprint density at radius 3 is 1.73 bits per heavy atom. The zero-order chi connectivity index (χ0) is 8.53. The molecule has 0 amide bonds. The van der Waals surface area contributed by atoms with Crippen LogP contribution in [0.4, 0.5) is 0 Å². The zero-order valence-corrected chi connectivity index (χ0v) is 15.0. The van der Waals surface area contributed by atoms with E-state index in [2.05, 4.69) is 33.0 Å². The predicted octanol–water partition coefficient (Wildman–Crippen LogP) is -6.57. The molecule has 0 fully saturated rings. The minimum Gasteiger partial charge on any atom is -1.00 e. The van der Waals surface area contributed by atoms with Crippen molar-refractivity contribution in [3.05, 3.63) is 31.4 Å². The van der Waals surface area contributed by atoms with Gasteiger partial charge in [0, 0.05) is 25.8 Å². The van der Waals surface area contributed by atoms with Crippen LogP contribution in [-0.4, -0.2) is 18.0 Å². The fourth-order valence-corrected chi connectivity index (χ4v) is 0.564. The minimum absolute atomic E-state index is 0. The van der Waals surface area contributed by atoms with Crippen LogP contribution < -0.4 is 37.2 Å². The van der Waals surface area contributed by atoms with E-state index in [9.17, 15) is 0 Å². The van der Waals surface area contributed by atoms with Crippen LogP contribution in [0.15, 0.2) is 18.2 Å². The molecule has 1 nitrogen and oxygen atoms in total. The molecular weight excluding hydrogens is 419 g/mol. The Hall–Kier alpha value is 1.18. The average molecular weight is 436 g/mol. The summed E-state index contributed by atoms with van der Waals surface area (Å²) in [6.07, 6.45) is 10.0. The fourth-order valence-electron chi connectivity index (χ4n) is 0.564. The zero-order valence-electron chi connectivity index (χ0n) is 9.14. The molecule has 0 saturated heterocycles. The summed E-state index contributed by atoms with van der Waals surface area (Å²) in [6.45, 7) is 6.29. The van der Waals surface area contributed by atoms with E-state index >= 15 is 0 Å². The summed E-state index contributed by atoms with van der Waals surface area (Å²) in [5, 5.41) is 0. The predicted molar refractivity (Wildman–Crippen MR) is 49.8 cm³/mol. The van der Waals surface area contributed by atoms with Crippen molar-refractivity contribution >= 4 is 0 Å². The van der Waals surface area contributed by atoms with Crippen molar-refractivity contribution in [3.63, 3.8) is 0 Å². The number of hydrogen-bond donors (Lipinski definition) is 0. The molecule has 5 heteroatoms. The molecular formula is C10H17Cl3HfN-5. The van der Waals surface area contributed by atoms with Crippen LogP contribution in [0.3, 0.4) is 0 Å². The van der Waals surface area contributed by atoms with Crippen molar-refractivity contribution in [3.8, 4) is 0 Å². The van der Waals surface area contributed by atoms with Crippen LogP contribution in [0.5, 0.6) is 0 Å². The van der Waals surface area contributed by atoms with Gasteiger partial charge in [0.1, 0.15) is 0 Å². The van der Waals surface area contributed by atoms with Gasteiger partial charge in [-0.2, -0.15) is 6.08 Å². The molecule has 1 aliphatic rings. The molecule has 0 unspecified atom stereocenters. The van der Waals surface area contributed by atoms with E-state index in [0.717, 1.165) is 19.5 Å². The quantitative estimate of drug-likeness (QED) is 0.308. The van der Waals surface area contributed by atoms with Crippen molar-refractivity contribution in [1.29, 1.82) is 0 Å². The molecule has 0 spiro atoms. The maximum Gasteiger partial charge on any atom is 0 e. The summed E-state index contributed by atoms with van der Waals surface area (Å²) in [5.74, 6) is 0. The summed E-state index contributed by atoms with van der Waals surface area (Å²) >= 11 is 0. The Morgan fingerprint density at radius 2 is 1.67 bits per heavy atom. The third-order valence-corrected chi connectivity index (χ3v) is 1.48. The topological polar surface area (TPSA) is 3.24 Å². The average Bonchev–Trinajstić information content (AvgIpc) is 2.60. The van der Waals surface area contributed by atoms with Crippen LogP contribution in [0.2, 0.25) is 0 Å². The van der Waals surface area contributed by atoms with Gasteiger partial charge in [-0.3, -0.25) is 13.1 Å². The first-order valence-electron chi connectivity index (χ1n) is 4.08. The molecule has 1 rings (SSSR count). The van der Waals surface area contributed by atoms with Gasteiger partial charge in [0.2, 0.25) is 0 Å². The van der Waals surface area contributed by atoms with Gasteiger partial charge in [-0.1, -0.05) is 13.8 Å². The van der Waals surface area contributed by atoms with E-state index in [4.69, 9.17) is 0 Å². The summed E-state index contributed by atoms with van der Waals surface area (Å²) < 4.78 is 0. The van der Waals surface area contributed by atoms with Gasteiger partial charge in [-0.05, 0) is 13.1 Å². The standard InChI is InChI=1S/C5H12N.C5H5.3ClH.Hf/c1-4-6(3)5-2;1-2-4-5-3-1;;;;/h3-5H2,1-2H3;1-3H,4H2;3*1H;/q2*-1;;;;/p-3. The number of rotatable bonds is 2. The summed E-state index contributed by atoms with van der Waals surface area (Å²) in [6, 6.07) is 0. The van der Waals surface area contributed by atoms with Gasteiger partial charge < -0.3 is 42.1 Å². The SMILES string of the molecule is [C-]1=CC=CC1.[CH2-]N(CC)CC.[Cl-].[Cl-].[Cl-].[Hf]. The van der Waals surface area contributed by atoms with E-state index in [0.29, 0.717) is 0 Å². The number of allylic oxidation sites excluding steroid dienone is 4. The number of nitrogens with zero attached hydrogens (tertiary/aromatic N) is 1. The summed E-state index contributed by atoms with van der Waals surface area (Å²) in [7, 11) is 3.71. The largest absolute Gasteiger partial charge is 1.00 e. The van der Waals surface area contributed by atoms with E-state index in [1.165, 1.54) is 0 Å². The summed E-state index contributed by atoms with van der Waals surface area (Å²) in [5.41, 5.74) is 0. The molecule has 0 bridgehead atoms. The third kappa shape index (κ3) is 25.4. The maximum absolute atomic E-state index is 3.71. The molecule has 0 atom stereocenters. The van der Waals surface area contributed by atoms with Crippen LogP contribution in [0.25, 0.3) is 0 Å². The van der Waals surface area contributed by atoms with E-state index in [1.54, 1.807) is 0 Å². The van der Waals surface area contributed by atoms with Crippen LogP contribution in [0.1, 0.15) is 20.3 Å². The second-order valence-electron chi connectivity index (χ2n) is 2.31. The molecule has 0 saturated carbocycles. The molecule has 0 N–H and O–H groups in total. The van der Waals surface area contributed by atoms with Gasteiger partial charge in [-0.15, -0.1) is 6.42 Å². The van der Waals surface area contributed by atoms with Gasteiger partial charge in [0.25, 0.3) is 0 Å². The van der Waals surface area contributed by atoms with Crippen LogP contribution >= 0.6 is 0 Å². The van der Waals surface area contributed by atoms with Crippen molar-refractivity contribution < 1.29 is 63.1 Å². The van der Waals surface area contributed by atoms with E-state index < -0.39 is 0 Å². The first-order valence-corrected chi connectivity index (χ1v) is 4.08. The maximum atomic E-state index is 3.71. The Kier molecular flexibility index (Phi) is 48.6. The minimum atomic E-state index is 0. The Bertz CT molecular complexity index is 127. The second-order valence-corrected chi connectivity index (χ2v) is 2.31. The second kappa shape index (κ2) is 24.4. The van der Waals surface area contributed by atoms with Crippen molar-refractivity contribution in [2.24, 2.45) is 0 Å². The first kappa shape index (κ1) is 29.8. The Labute approximate surface area is 132 Å². The fraction of sp³-hybridized carbons (Fsp3) is 0.500. The number of halogens is 3.